The average Bonchev–Trinajstić information content (AvgIpc) is 1.78. The van der Waals surface area contributed by atoms with Gasteiger partial charge in [-0.1, -0.05) is 13.3 Å². The van der Waals surface area contributed by atoms with Crippen molar-refractivity contribution >= 4 is 25.9 Å². The Kier molecular flexibility index (Phi) is 5.83. The van der Waals surface area contributed by atoms with Crippen molar-refractivity contribution in [3.63, 3.8) is 0 Å². The Bertz CT molecular complexity index is 166. The van der Waals surface area contributed by atoms with E-state index in [-0.39, 0.29) is 0 Å². The fourth-order valence-corrected chi connectivity index (χ4v) is 12.5. The van der Waals surface area contributed by atoms with Gasteiger partial charge in [0.2, 0.25) is 0 Å². The van der Waals surface area contributed by atoms with E-state index in [2.05, 4.69) is 46.2 Å². The molecule has 0 atom stereocenters. The zero-order valence-electron chi connectivity index (χ0n) is 10.7. The van der Waals surface area contributed by atoms with Crippen LogP contribution in [0.15, 0.2) is 0 Å². The van der Waals surface area contributed by atoms with Crippen LogP contribution in [0, 0.1) is 0 Å². The van der Waals surface area contributed by atoms with Crippen LogP contribution in [0.2, 0.25) is 45.3 Å². The van der Waals surface area contributed by atoms with E-state index in [0.717, 1.165) is 0 Å². The van der Waals surface area contributed by atoms with E-state index in [1.54, 1.807) is 0 Å². The zero-order valence-corrected chi connectivity index (χ0v) is 13.7. The summed E-state index contributed by atoms with van der Waals surface area (Å²) in [5.74, 6) is 0. The molecule has 85 valence electrons. The highest BCUT2D eigenvalue weighted by atomic mass is 28.5. The number of hydrogen-bond donors (Lipinski definition) is 0. The first kappa shape index (κ1) is 14.6. The van der Waals surface area contributed by atoms with Gasteiger partial charge in [-0.2, -0.15) is 0 Å². The second-order valence-electron chi connectivity index (χ2n) is 5.17. The maximum Gasteiger partial charge on any atom is 0.311 e. The van der Waals surface area contributed by atoms with Crippen LogP contribution in [0.4, 0.5) is 0 Å². The fraction of sp³-hybridized carbons (Fsp3) is 1.00. The van der Waals surface area contributed by atoms with Gasteiger partial charge < -0.3 is 8.23 Å². The molecule has 14 heavy (non-hydrogen) atoms. The lowest BCUT2D eigenvalue weighted by atomic mass is 10.6. The van der Waals surface area contributed by atoms with E-state index in [0.29, 0.717) is 0 Å². The molecule has 0 aliphatic carbocycles. The van der Waals surface area contributed by atoms with Crippen molar-refractivity contribution in [3.05, 3.63) is 0 Å². The topological polar surface area (TPSA) is 18.5 Å². The molecule has 0 spiro atoms. The smallest absolute Gasteiger partial charge is 0.311 e. The van der Waals surface area contributed by atoms with E-state index in [1.807, 2.05) is 0 Å². The predicted molar refractivity (Wildman–Crippen MR) is 69.7 cm³/mol. The van der Waals surface area contributed by atoms with Crippen LogP contribution in [0.3, 0.4) is 0 Å². The molecule has 0 amide bonds. The van der Waals surface area contributed by atoms with Crippen molar-refractivity contribution in [1.29, 1.82) is 0 Å². The summed E-state index contributed by atoms with van der Waals surface area (Å²) in [4.78, 5) is 0. The molecular formula is C9H25O2Si3. The quantitative estimate of drug-likeness (QED) is 0.670. The highest BCUT2D eigenvalue weighted by molar-refractivity contribution is 6.84. The fourth-order valence-electron chi connectivity index (χ4n) is 1.58. The van der Waals surface area contributed by atoms with Gasteiger partial charge in [-0.15, -0.1) is 0 Å². The maximum absolute atomic E-state index is 6.12. The lowest BCUT2D eigenvalue weighted by molar-refractivity contribution is 0.401. The summed E-state index contributed by atoms with van der Waals surface area (Å²) in [5.41, 5.74) is 0. The molecule has 2 nitrogen and oxygen atoms in total. The molecular weight excluding hydrogens is 224 g/mol. The molecule has 0 unspecified atom stereocenters. The van der Waals surface area contributed by atoms with Gasteiger partial charge in [-0.25, -0.2) is 0 Å². The Balaban J connectivity index is 4.06. The van der Waals surface area contributed by atoms with E-state index < -0.39 is 25.9 Å². The Morgan fingerprint density at radius 3 is 1.93 bits per heavy atom. The summed E-state index contributed by atoms with van der Waals surface area (Å²) < 4.78 is 12.2. The standard InChI is InChI=1S/C9H25O2Si3/c1-8-9-12(2)10-14(6,7)11-13(3,4)5/h8-9H2,1-7H3. The SMILES string of the molecule is CCC[Si](C)O[Si](C)(C)O[Si](C)(C)C. The molecule has 0 rings (SSSR count). The number of rotatable bonds is 6. The molecule has 0 bridgehead atoms. The number of hydrogen-bond acceptors (Lipinski definition) is 2. The summed E-state index contributed by atoms with van der Waals surface area (Å²) in [7, 11) is -3.87. The molecule has 0 aliphatic heterocycles. The largest absolute Gasteiger partial charge is 0.437 e. The van der Waals surface area contributed by atoms with Crippen LogP contribution >= 0.6 is 0 Å². The van der Waals surface area contributed by atoms with Gasteiger partial charge in [0.15, 0.2) is 17.4 Å². The Hall–Kier alpha value is 0.571. The van der Waals surface area contributed by atoms with Crippen LogP contribution < -0.4 is 0 Å². The second kappa shape index (κ2) is 5.60. The average molecular weight is 250 g/mol. The molecule has 0 aromatic heterocycles. The van der Waals surface area contributed by atoms with Crippen molar-refractivity contribution in [2.75, 3.05) is 0 Å². The second-order valence-corrected chi connectivity index (χ2v) is 15.7. The van der Waals surface area contributed by atoms with Gasteiger partial charge >= 0.3 is 8.56 Å². The van der Waals surface area contributed by atoms with E-state index in [1.165, 1.54) is 12.5 Å². The minimum absolute atomic E-state index is 0.610. The van der Waals surface area contributed by atoms with Crippen molar-refractivity contribution in [2.24, 2.45) is 0 Å². The summed E-state index contributed by atoms with van der Waals surface area (Å²) in [6.45, 7) is 15.5. The van der Waals surface area contributed by atoms with Crippen LogP contribution in [0.1, 0.15) is 13.3 Å². The van der Waals surface area contributed by atoms with Gasteiger partial charge in [0, 0.05) is 0 Å². The molecule has 5 heteroatoms. The zero-order chi connectivity index (χ0) is 11.4. The summed E-state index contributed by atoms with van der Waals surface area (Å²) in [5, 5.41) is 0. The van der Waals surface area contributed by atoms with Crippen molar-refractivity contribution in [1.82, 2.24) is 0 Å². The molecule has 0 N–H and O–H groups in total. The summed E-state index contributed by atoms with van der Waals surface area (Å²) >= 11 is 0. The first-order valence-electron chi connectivity index (χ1n) is 5.38. The summed E-state index contributed by atoms with van der Waals surface area (Å²) in [6.07, 6.45) is 1.22. The highest BCUT2D eigenvalue weighted by Crippen LogP contribution is 2.17. The minimum Gasteiger partial charge on any atom is -0.437 e. The van der Waals surface area contributed by atoms with Crippen molar-refractivity contribution in [2.45, 2.75) is 58.7 Å². The third-order valence-electron chi connectivity index (χ3n) is 1.57. The molecule has 0 aliphatic rings. The lowest BCUT2D eigenvalue weighted by Crippen LogP contribution is -2.47. The van der Waals surface area contributed by atoms with E-state index in [9.17, 15) is 0 Å². The Morgan fingerprint density at radius 2 is 1.57 bits per heavy atom. The first-order valence-corrected chi connectivity index (χ1v) is 13.7. The van der Waals surface area contributed by atoms with Crippen LogP contribution in [0.25, 0.3) is 0 Å². The van der Waals surface area contributed by atoms with Gasteiger partial charge in [0.25, 0.3) is 0 Å². The highest BCUT2D eigenvalue weighted by Gasteiger charge is 2.32. The molecule has 0 heterocycles. The lowest BCUT2D eigenvalue weighted by Gasteiger charge is -2.33. The molecule has 0 aromatic carbocycles. The van der Waals surface area contributed by atoms with Crippen LogP contribution in [-0.2, 0) is 8.23 Å². The van der Waals surface area contributed by atoms with Gasteiger partial charge in [0.05, 0.1) is 0 Å². The van der Waals surface area contributed by atoms with E-state index in [4.69, 9.17) is 8.23 Å². The third-order valence-corrected chi connectivity index (χ3v) is 10.6. The Labute approximate surface area is 93.1 Å². The molecule has 0 saturated carbocycles. The maximum atomic E-state index is 6.12. The van der Waals surface area contributed by atoms with Gasteiger partial charge in [0.1, 0.15) is 0 Å². The van der Waals surface area contributed by atoms with Crippen molar-refractivity contribution < 1.29 is 8.23 Å². The van der Waals surface area contributed by atoms with Crippen LogP contribution in [-0.4, -0.2) is 25.9 Å². The predicted octanol–water partition coefficient (Wildman–Crippen LogP) is 3.59. The normalized spacial score (nSPS) is 13.7. The molecule has 1 radical (unpaired) electrons. The third kappa shape index (κ3) is 7.93. The van der Waals surface area contributed by atoms with Crippen LogP contribution in [0.5, 0.6) is 0 Å². The van der Waals surface area contributed by atoms with E-state index >= 15 is 0 Å². The van der Waals surface area contributed by atoms with Crippen molar-refractivity contribution in [3.8, 4) is 0 Å². The molecule has 0 aromatic rings. The summed E-state index contributed by atoms with van der Waals surface area (Å²) in [6, 6.07) is 1.23. The van der Waals surface area contributed by atoms with Gasteiger partial charge in [-0.3, -0.25) is 0 Å². The monoisotopic (exact) mass is 249 g/mol. The first-order chi connectivity index (χ1) is 6.16. The molecule has 0 fully saturated rings. The minimum atomic E-state index is -1.83. The van der Waals surface area contributed by atoms with Gasteiger partial charge in [-0.05, 0) is 45.3 Å². The Morgan fingerprint density at radius 1 is 1.07 bits per heavy atom. The molecule has 0 saturated heterocycles.